The summed E-state index contributed by atoms with van der Waals surface area (Å²) in [7, 11) is 1.54. The normalized spacial score (nSPS) is 12.5. The number of anilines is 2. The Morgan fingerprint density at radius 1 is 1.12 bits per heavy atom. The van der Waals surface area contributed by atoms with Gasteiger partial charge in [0.25, 0.3) is 5.91 Å². The van der Waals surface area contributed by atoms with Crippen molar-refractivity contribution in [1.29, 1.82) is 0 Å². The molecule has 0 spiro atoms. The smallest absolute Gasteiger partial charge is 0.411 e. The number of hydrogen-bond acceptors (Lipinski definition) is 5. The van der Waals surface area contributed by atoms with E-state index >= 15 is 0 Å². The highest BCUT2D eigenvalue weighted by molar-refractivity contribution is 7.14. The van der Waals surface area contributed by atoms with Gasteiger partial charge in [0.1, 0.15) is 6.61 Å². The van der Waals surface area contributed by atoms with Crippen LogP contribution in [0.5, 0.6) is 0 Å². The van der Waals surface area contributed by atoms with Crippen LogP contribution in [0.4, 0.5) is 16.2 Å². The van der Waals surface area contributed by atoms with Gasteiger partial charge in [0.05, 0.1) is 11.5 Å². The molecule has 6 nitrogen and oxygen atoms in total. The molecule has 2 N–H and O–H groups in total. The molecule has 1 aromatic heterocycles. The minimum Gasteiger partial charge on any atom is -0.447 e. The van der Waals surface area contributed by atoms with Crippen molar-refractivity contribution in [1.82, 2.24) is 0 Å². The molecular formula is C18H20N2O4S. The predicted octanol–water partition coefficient (Wildman–Crippen LogP) is 3.68. The maximum atomic E-state index is 12.4. The summed E-state index contributed by atoms with van der Waals surface area (Å²) >= 11 is 1.56. The lowest BCUT2D eigenvalue weighted by atomic mass is 10.2. The molecule has 1 aromatic carbocycles. The highest BCUT2D eigenvalue weighted by Crippen LogP contribution is 2.31. The van der Waals surface area contributed by atoms with Gasteiger partial charge in [-0.3, -0.25) is 10.1 Å². The van der Waals surface area contributed by atoms with E-state index < -0.39 is 6.09 Å². The fourth-order valence-electron chi connectivity index (χ4n) is 2.68. The first-order valence-electron chi connectivity index (χ1n) is 8.11. The number of nitrogens with one attached hydrogen (secondary N) is 2. The number of thiophene rings is 1. The number of aryl methyl sites for hydroxylation is 2. The summed E-state index contributed by atoms with van der Waals surface area (Å²) in [6.07, 6.45) is 2.74. The number of methoxy groups -OCH3 is 1. The fraction of sp³-hybridized carbons (Fsp3) is 0.333. The SMILES string of the molecule is COCCOC(=O)Nc1cccc(NC(=O)c2cc3c(s2)CCC3)c1. The van der Waals surface area contributed by atoms with Crippen LogP contribution in [-0.4, -0.2) is 32.3 Å². The highest BCUT2D eigenvalue weighted by Gasteiger charge is 2.18. The Bertz CT molecular complexity index is 751. The van der Waals surface area contributed by atoms with Gasteiger partial charge in [-0.25, -0.2) is 4.79 Å². The second-order valence-corrected chi connectivity index (χ2v) is 6.84. The van der Waals surface area contributed by atoms with Crippen LogP contribution in [0.1, 0.15) is 26.5 Å². The summed E-state index contributed by atoms with van der Waals surface area (Å²) in [5, 5.41) is 5.49. The predicted molar refractivity (Wildman–Crippen MR) is 97.6 cm³/mol. The van der Waals surface area contributed by atoms with Gasteiger partial charge in [-0.15, -0.1) is 11.3 Å². The van der Waals surface area contributed by atoms with Crippen LogP contribution in [0.3, 0.4) is 0 Å². The van der Waals surface area contributed by atoms with Crippen LogP contribution in [0.2, 0.25) is 0 Å². The fourth-order valence-corrected chi connectivity index (χ4v) is 3.83. The molecule has 0 unspecified atom stereocenters. The highest BCUT2D eigenvalue weighted by atomic mass is 32.1. The van der Waals surface area contributed by atoms with Crippen molar-refractivity contribution in [3.63, 3.8) is 0 Å². The number of ether oxygens (including phenoxy) is 2. The van der Waals surface area contributed by atoms with E-state index in [1.165, 1.54) is 24.0 Å². The van der Waals surface area contributed by atoms with Gasteiger partial charge in [0.15, 0.2) is 0 Å². The molecule has 0 bridgehead atoms. The van der Waals surface area contributed by atoms with E-state index in [-0.39, 0.29) is 12.5 Å². The lowest BCUT2D eigenvalue weighted by Crippen LogP contribution is -2.16. The van der Waals surface area contributed by atoms with Gasteiger partial charge < -0.3 is 14.8 Å². The van der Waals surface area contributed by atoms with Gasteiger partial charge in [-0.2, -0.15) is 0 Å². The Labute approximate surface area is 150 Å². The summed E-state index contributed by atoms with van der Waals surface area (Å²) in [6, 6.07) is 8.94. The Hall–Kier alpha value is -2.38. The molecular weight excluding hydrogens is 340 g/mol. The number of amides is 2. The van der Waals surface area contributed by atoms with Crippen molar-refractivity contribution in [2.75, 3.05) is 31.0 Å². The molecule has 0 fully saturated rings. The number of rotatable bonds is 6. The van der Waals surface area contributed by atoms with E-state index in [1.54, 1.807) is 35.6 Å². The monoisotopic (exact) mass is 360 g/mol. The van der Waals surface area contributed by atoms with Gasteiger partial charge in [-0.1, -0.05) is 6.07 Å². The number of carbonyl (C=O) groups excluding carboxylic acids is 2. The molecule has 0 saturated carbocycles. The van der Waals surface area contributed by atoms with Crippen molar-refractivity contribution in [3.8, 4) is 0 Å². The minimum absolute atomic E-state index is 0.126. The molecule has 132 valence electrons. The zero-order chi connectivity index (χ0) is 17.6. The van der Waals surface area contributed by atoms with Crippen LogP contribution in [0.15, 0.2) is 30.3 Å². The molecule has 3 rings (SSSR count). The van der Waals surface area contributed by atoms with Gasteiger partial charge >= 0.3 is 6.09 Å². The second kappa shape index (κ2) is 8.13. The lowest BCUT2D eigenvalue weighted by Gasteiger charge is -2.09. The van der Waals surface area contributed by atoms with Crippen LogP contribution in [-0.2, 0) is 22.3 Å². The van der Waals surface area contributed by atoms with Gasteiger partial charge in [0.2, 0.25) is 0 Å². The molecule has 0 atom stereocenters. The molecule has 1 aliphatic rings. The van der Waals surface area contributed by atoms with Crippen molar-refractivity contribution in [2.24, 2.45) is 0 Å². The number of carbonyl (C=O) groups is 2. The van der Waals surface area contributed by atoms with Crippen LogP contribution in [0.25, 0.3) is 0 Å². The maximum Gasteiger partial charge on any atom is 0.411 e. The van der Waals surface area contributed by atoms with Crippen LogP contribution < -0.4 is 10.6 Å². The summed E-state index contributed by atoms with van der Waals surface area (Å²) in [5.74, 6) is -0.126. The zero-order valence-corrected chi connectivity index (χ0v) is 14.8. The standard InChI is InChI=1S/C18H20N2O4S/c1-23-8-9-24-18(22)20-14-6-3-5-13(11-14)19-17(21)16-10-12-4-2-7-15(12)25-16/h3,5-6,10-11H,2,4,7-9H2,1H3,(H,19,21)(H,20,22). The molecule has 0 saturated heterocycles. The summed E-state index contributed by atoms with van der Waals surface area (Å²) in [4.78, 5) is 26.1. The van der Waals surface area contributed by atoms with E-state index in [4.69, 9.17) is 9.47 Å². The van der Waals surface area contributed by atoms with Crippen LogP contribution >= 0.6 is 11.3 Å². The van der Waals surface area contributed by atoms with E-state index in [2.05, 4.69) is 10.6 Å². The van der Waals surface area contributed by atoms with Crippen molar-refractivity contribution in [2.45, 2.75) is 19.3 Å². The topological polar surface area (TPSA) is 76.7 Å². The number of benzene rings is 1. The number of fused-ring (bicyclic) bond motifs is 1. The minimum atomic E-state index is -0.560. The second-order valence-electron chi connectivity index (χ2n) is 5.70. The lowest BCUT2D eigenvalue weighted by molar-refractivity contribution is 0.103. The molecule has 0 aliphatic heterocycles. The molecule has 2 aromatic rings. The Morgan fingerprint density at radius 2 is 1.92 bits per heavy atom. The van der Waals surface area contributed by atoms with Gasteiger partial charge in [-0.05, 0) is 49.1 Å². The first kappa shape index (κ1) is 17.4. The molecule has 2 amide bonds. The summed E-state index contributed by atoms with van der Waals surface area (Å²) in [6.45, 7) is 0.524. The Balaban J connectivity index is 1.59. The number of hydrogen-bond donors (Lipinski definition) is 2. The van der Waals surface area contributed by atoms with E-state index in [9.17, 15) is 9.59 Å². The summed E-state index contributed by atoms with van der Waals surface area (Å²) < 4.78 is 9.77. The van der Waals surface area contributed by atoms with E-state index in [0.29, 0.717) is 18.0 Å². The third kappa shape index (κ3) is 4.58. The third-order valence-corrected chi connectivity index (χ3v) is 5.09. The van der Waals surface area contributed by atoms with Crippen molar-refractivity contribution < 1.29 is 19.1 Å². The molecule has 1 aliphatic carbocycles. The third-order valence-electron chi connectivity index (χ3n) is 3.86. The molecule has 1 heterocycles. The molecule has 0 radical (unpaired) electrons. The average molecular weight is 360 g/mol. The first-order chi connectivity index (χ1) is 12.2. The van der Waals surface area contributed by atoms with Crippen molar-refractivity contribution in [3.05, 3.63) is 45.6 Å². The largest absolute Gasteiger partial charge is 0.447 e. The molecule has 25 heavy (non-hydrogen) atoms. The Morgan fingerprint density at radius 3 is 2.68 bits per heavy atom. The summed E-state index contributed by atoms with van der Waals surface area (Å²) in [5.41, 5.74) is 2.46. The van der Waals surface area contributed by atoms with Crippen molar-refractivity contribution >= 4 is 34.7 Å². The Kier molecular flexibility index (Phi) is 5.67. The average Bonchev–Trinajstić information content (AvgIpc) is 3.17. The molecule has 7 heteroatoms. The maximum absolute atomic E-state index is 12.4. The van der Waals surface area contributed by atoms with E-state index in [0.717, 1.165) is 17.7 Å². The van der Waals surface area contributed by atoms with Crippen LogP contribution in [0, 0.1) is 0 Å². The van der Waals surface area contributed by atoms with E-state index in [1.807, 2.05) is 6.07 Å². The first-order valence-corrected chi connectivity index (χ1v) is 8.93. The van der Waals surface area contributed by atoms with Gasteiger partial charge in [0, 0.05) is 23.4 Å². The quantitative estimate of drug-likeness (QED) is 0.771. The zero-order valence-electron chi connectivity index (χ0n) is 14.0.